The van der Waals surface area contributed by atoms with Crippen LogP contribution in [0.3, 0.4) is 0 Å². The number of likely N-dealkylation sites (N-methyl/N-ethyl adjacent to an activating group) is 1. The molecular weight excluding hydrogens is 234 g/mol. The highest BCUT2D eigenvalue weighted by molar-refractivity contribution is 5.06. The van der Waals surface area contributed by atoms with Crippen molar-refractivity contribution in [2.24, 2.45) is 23.2 Å². The van der Waals surface area contributed by atoms with Crippen LogP contribution in [0.1, 0.15) is 58.8 Å². The van der Waals surface area contributed by atoms with Crippen LogP contribution in [0, 0.1) is 23.2 Å². The van der Waals surface area contributed by atoms with Gasteiger partial charge in [0.2, 0.25) is 0 Å². The Hall–Kier alpha value is -0.0800. The molecule has 4 saturated carbocycles. The van der Waals surface area contributed by atoms with Crippen molar-refractivity contribution in [1.29, 1.82) is 0 Å². The van der Waals surface area contributed by atoms with Gasteiger partial charge in [-0.25, -0.2) is 0 Å². The van der Waals surface area contributed by atoms with Gasteiger partial charge in [0, 0.05) is 12.6 Å². The van der Waals surface area contributed by atoms with Crippen LogP contribution in [0.25, 0.3) is 0 Å². The van der Waals surface area contributed by atoms with Gasteiger partial charge in [-0.2, -0.15) is 0 Å². The second kappa shape index (κ2) is 5.73. The lowest BCUT2D eigenvalue weighted by Gasteiger charge is -2.59. The summed E-state index contributed by atoms with van der Waals surface area (Å²) in [7, 11) is 0. The highest BCUT2D eigenvalue weighted by Crippen LogP contribution is 2.61. The van der Waals surface area contributed by atoms with Gasteiger partial charge >= 0.3 is 0 Å². The second-order valence-electron chi connectivity index (χ2n) is 7.47. The van der Waals surface area contributed by atoms with Crippen LogP contribution >= 0.6 is 0 Å². The van der Waals surface area contributed by atoms with Crippen LogP contribution < -0.4 is 5.32 Å². The van der Waals surface area contributed by atoms with Gasteiger partial charge in [-0.05, 0) is 74.7 Å². The van der Waals surface area contributed by atoms with Gasteiger partial charge in [0.05, 0.1) is 6.61 Å². The zero-order chi connectivity index (χ0) is 13.3. The molecule has 2 nitrogen and oxygen atoms in total. The maximum atomic E-state index is 5.92. The predicted octanol–water partition coefficient (Wildman–Crippen LogP) is 3.61. The first-order valence-corrected chi connectivity index (χ1v) is 8.57. The van der Waals surface area contributed by atoms with E-state index >= 15 is 0 Å². The van der Waals surface area contributed by atoms with Gasteiger partial charge in [-0.3, -0.25) is 0 Å². The minimum absolute atomic E-state index is 0.582. The minimum atomic E-state index is 0.582. The van der Waals surface area contributed by atoms with Crippen molar-refractivity contribution in [2.75, 3.05) is 19.8 Å². The Bertz CT molecular complexity index is 266. The van der Waals surface area contributed by atoms with Crippen LogP contribution in [0.5, 0.6) is 0 Å². The van der Waals surface area contributed by atoms with Crippen LogP contribution in [-0.4, -0.2) is 25.8 Å². The van der Waals surface area contributed by atoms with E-state index in [4.69, 9.17) is 4.74 Å². The fourth-order valence-electron chi connectivity index (χ4n) is 5.65. The summed E-state index contributed by atoms with van der Waals surface area (Å²) in [5.41, 5.74) is 0.582. The van der Waals surface area contributed by atoms with Gasteiger partial charge in [0.15, 0.2) is 0 Å². The van der Waals surface area contributed by atoms with E-state index in [1.807, 2.05) is 0 Å². The van der Waals surface area contributed by atoms with Crippen LogP contribution in [-0.2, 0) is 4.74 Å². The Kier molecular flexibility index (Phi) is 4.19. The zero-order valence-corrected chi connectivity index (χ0v) is 12.8. The lowest BCUT2D eigenvalue weighted by atomic mass is 9.47. The summed E-state index contributed by atoms with van der Waals surface area (Å²) >= 11 is 0. The lowest BCUT2D eigenvalue weighted by molar-refractivity contribution is -0.0883. The molecule has 0 aromatic rings. The molecule has 110 valence electrons. The maximum Gasteiger partial charge on any atom is 0.0625 e. The van der Waals surface area contributed by atoms with Gasteiger partial charge in [-0.1, -0.05) is 13.8 Å². The van der Waals surface area contributed by atoms with Crippen LogP contribution in [0.2, 0.25) is 0 Å². The van der Waals surface area contributed by atoms with Crippen molar-refractivity contribution in [1.82, 2.24) is 5.32 Å². The van der Waals surface area contributed by atoms with Crippen molar-refractivity contribution in [2.45, 2.75) is 64.8 Å². The third-order valence-electron chi connectivity index (χ3n) is 5.91. The molecule has 1 atom stereocenters. The molecule has 1 N–H and O–H groups in total. The summed E-state index contributed by atoms with van der Waals surface area (Å²) in [5, 5.41) is 3.77. The van der Waals surface area contributed by atoms with E-state index in [1.54, 1.807) is 0 Å². The fraction of sp³-hybridized carbons (Fsp3) is 1.00. The Morgan fingerprint density at radius 3 is 2.11 bits per heavy atom. The predicted molar refractivity (Wildman–Crippen MR) is 79.2 cm³/mol. The summed E-state index contributed by atoms with van der Waals surface area (Å²) in [6.07, 6.45) is 10.2. The van der Waals surface area contributed by atoms with Crippen molar-refractivity contribution in [3.8, 4) is 0 Å². The van der Waals surface area contributed by atoms with Crippen molar-refractivity contribution < 1.29 is 4.74 Å². The minimum Gasteiger partial charge on any atom is -0.380 e. The molecule has 0 aromatic carbocycles. The standard InChI is InChI=1S/C17H31NO/c1-3-5-19-12-16(18-4-2)17-9-13-6-14(10-17)8-15(7-13)11-17/h13-16,18H,3-12H2,1-2H3. The Morgan fingerprint density at radius 2 is 1.63 bits per heavy atom. The Labute approximate surface area is 118 Å². The molecule has 0 saturated heterocycles. The first-order chi connectivity index (χ1) is 9.25. The summed E-state index contributed by atoms with van der Waals surface area (Å²) in [6, 6.07) is 0.609. The lowest BCUT2D eigenvalue weighted by Crippen LogP contribution is -2.57. The molecule has 4 rings (SSSR count). The average molecular weight is 265 g/mol. The maximum absolute atomic E-state index is 5.92. The van der Waals surface area contributed by atoms with Gasteiger partial charge in [0.25, 0.3) is 0 Å². The van der Waals surface area contributed by atoms with E-state index in [0.29, 0.717) is 11.5 Å². The van der Waals surface area contributed by atoms with E-state index in [9.17, 15) is 0 Å². The van der Waals surface area contributed by atoms with Crippen molar-refractivity contribution >= 4 is 0 Å². The zero-order valence-electron chi connectivity index (χ0n) is 12.8. The average Bonchev–Trinajstić information content (AvgIpc) is 2.36. The third-order valence-corrected chi connectivity index (χ3v) is 5.91. The summed E-state index contributed by atoms with van der Waals surface area (Å²) < 4.78 is 5.92. The second-order valence-corrected chi connectivity index (χ2v) is 7.47. The van der Waals surface area contributed by atoms with E-state index in [1.165, 1.54) is 38.5 Å². The number of hydrogen-bond acceptors (Lipinski definition) is 2. The molecule has 4 aliphatic carbocycles. The van der Waals surface area contributed by atoms with E-state index in [-0.39, 0.29) is 0 Å². The molecule has 0 aromatic heterocycles. The molecule has 0 radical (unpaired) electrons. The van der Waals surface area contributed by atoms with E-state index in [2.05, 4.69) is 19.2 Å². The first kappa shape index (κ1) is 13.9. The topological polar surface area (TPSA) is 21.3 Å². The number of nitrogens with one attached hydrogen (secondary N) is 1. The third kappa shape index (κ3) is 2.71. The molecule has 0 amide bonds. The molecule has 0 heterocycles. The molecule has 4 fully saturated rings. The van der Waals surface area contributed by atoms with Gasteiger partial charge in [-0.15, -0.1) is 0 Å². The SMILES string of the molecule is CCCOCC(NCC)C12CC3CC(CC(C3)C1)C2. The molecule has 0 aliphatic heterocycles. The summed E-state index contributed by atoms with van der Waals surface area (Å²) in [5.74, 6) is 3.12. The molecule has 4 aliphatic rings. The molecule has 19 heavy (non-hydrogen) atoms. The highest BCUT2D eigenvalue weighted by atomic mass is 16.5. The van der Waals surface area contributed by atoms with Crippen LogP contribution in [0.15, 0.2) is 0 Å². The molecule has 4 bridgehead atoms. The van der Waals surface area contributed by atoms with E-state index in [0.717, 1.165) is 43.9 Å². The molecule has 1 unspecified atom stereocenters. The quantitative estimate of drug-likeness (QED) is 0.710. The summed E-state index contributed by atoms with van der Waals surface area (Å²) in [6.45, 7) is 7.39. The molecular formula is C17H31NO. The molecule has 0 spiro atoms. The van der Waals surface area contributed by atoms with Gasteiger partial charge in [0.1, 0.15) is 0 Å². The monoisotopic (exact) mass is 265 g/mol. The largest absolute Gasteiger partial charge is 0.380 e. The number of rotatable bonds is 7. The first-order valence-electron chi connectivity index (χ1n) is 8.57. The highest BCUT2D eigenvalue weighted by Gasteiger charge is 2.53. The van der Waals surface area contributed by atoms with Crippen molar-refractivity contribution in [3.63, 3.8) is 0 Å². The fourth-order valence-corrected chi connectivity index (χ4v) is 5.65. The van der Waals surface area contributed by atoms with Gasteiger partial charge < -0.3 is 10.1 Å². The number of hydrogen-bond donors (Lipinski definition) is 1. The van der Waals surface area contributed by atoms with E-state index < -0.39 is 0 Å². The Balaban J connectivity index is 1.69. The normalized spacial score (nSPS) is 41.7. The van der Waals surface area contributed by atoms with Crippen LogP contribution in [0.4, 0.5) is 0 Å². The molecule has 2 heteroatoms. The Morgan fingerprint density at radius 1 is 1.05 bits per heavy atom. The number of ether oxygens (including phenoxy) is 1. The summed E-state index contributed by atoms with van der Waals surface area (Å²) in [4.78, 5) is 0. The van der Waals surface area contributed by atoms with Crippen molar-refractivity contribution in [3.05, 3.63) is 0 Å². The smallest absolute Gasteiger partial charge is 0.0625 e.